The highest BCUT2D eigenvalue weighted by Gasteiger charge is 2.41. The standard InChI is InChI=1S/C20H25N7O2/c1-3-23-20(28)24-13-6-4-12(5-7-13)18-25-16(9-21)17(22-2)19(26-18)27-10-15-8-14(27)11-29-15/h4-7,9,14-15,21-22H,3,8,10-11H2,1-2H3,(H2,23,24,28)/t14-,15-/m0/s1. The number of benzene rings is 1. The summed E-state index contributed by atoms with van der Waals surface area (Å²) in [6, 6.07) is 7.43. The number of urea groups is 1. The van der Waals surface area contributed by atoms with Gasteiger partial charge in [0.05, 0.1) is 18.8 Å². The molecule has 2 aromatic rings. The minimum Gasteiger partial charge on any atom is -0.383 e. The smallest absolute Gasteiger partial charge is 0.319 e. The zero-order chi connectivity index (χ0) is 20.4. The van der Waals surface area contributed by atoms with E-state index in [0.717, 1.165) is 30.0 Å². The second-order valence-corrected chi connectivity index (χ2v) is 7.08. The van der Waals surface area contributed by atoms with Gasteiger partial charge in [-0.25, -0.2) is 14.8 Å². The Labute approximate surface area is 169 Å². The minimum atomic E-state index is -0.241. The first-order valence-electron chi connectivity index (χ1n) is 9.76. The lowest BCUT2D eigenvalue weighted by molar-refractivity contribution is 0.0989. The molecular weight excluding hydrogens is 370 g/mol. The van der Waals surface area contributed by atoms with Gasteiger partial charge in [0.1, 0.15) is 11.4 Å². The summed E-state index contributed by atoms with van der Waals surface area (Å²) in [6.45, 7) is 3.93. The van der Waals surface area contributed by atoms with Gasteiger partial charge in [0.15, 0.2) is 11.6 Å². The highest BCUT2D eigenvalue weighted by molar-refractivity contribution is 5.90. The molecule has 4 N–H and O–H groups in total. The number of hydrogen-bond donors (Lipinski definition) is 4. The van der Waals surface area contributed by atoms with E-state index < -0.39 is 0 Å². The van der Waals surface area contributed by atoms with Gasteiger partial charge < -0.3 is 31.0 Å². The number of anilines is 3. The van der Waals surface area contributed by atoms with Crippen LogP contribution in [0.3, 0.4) is 0 Å². The molecule has 2 aliphatic heterocycles. The molecule has 3 heterocycles. The van der Waals surface area contributed by atoms with Crippen LogP contribution in [0.2, 0.25) is 0 Å². The van der Waals surface area contributed by atoms with Gasteiger partial charge in [0.25, 0.3) is 0 Å². The van der Waals surface area contributed by atoms with E-state index in [1.54, 1.807) is 0 Å². The van der Waals surface area contributed by atoms with Crippen LogP contribution >= 0.6 is 0 Å². The van der Waals surface area contributed by atoms with Crippen LogP contribution in [0.1, 0.15) is 19.0 Å². The predicted molar refractivity (Wildman–Crippen MR) is 113 cm³/mol. The van der Waals surface area contributed by atoms with Crippen molar-refractivity contribution in [2.45, 2.75) is 25.5 Å². The third-order valence-corrected chi connectivity index (χ3v) is 5.22. The van der Waals surface area contributed by atoms with Gasteiger partial charge in [0, 0.05) is 37.6 Å². The highest BCUT2D eigenvalue weighted by Crippen LogP contribution is 2.37. The third-order valence-electron chi connectivity index (χ3n) is 5.22. The van der Waals surface area contributed by atoms with Crippen molar-refractivity contribution < 1.29 is 9.53 Å². The fourth-order valence-corrected chi connectivity index (χ4v) is 3.84. The van der Waals surface area contributed by atoms with E-state index in [1.165, 1.54) is 6.21 Å². The average molecular weight is 395 g/mol. The quantitative estimate of drug-likeness (QED) is 0.558. The van der Waals surface area contributed by atoms with Crippen LogP contribution in [0.25, 0.3) is 11.4 Å². The number of aromatic nitrogens is 2. The molecule has 1 aromatic heterocycles. The molecule has 1 aromatic carbocycles. The number of morpholine rings is 1. The van der Waals surface area contributed by atoms with Gasteiger partial charge in [-0.2, -0.15) is 0 Å². The zero-order valence-corrected chi connectivity index (χ0v) is 16.5. The van der Waals surface area contributed by atoms with Crippen molar-refractivity contribution >= 4 is 29.4 Å². The number of carbonyl (C=O) groups excluding carboxylic acids is 1. The molecule has 2 saturated heterocycles. The van der Waals surface area contributed by atoms with Crippen molar-refractivity contribution in [2.24, 2.45) is 0 Å². The molecule has 0 saturated carbocycles. The Bertz CT molecular complexity index is 916. The summed E-state index contributed by atoms with van der Waals surface area (Å²) in [6.07, 6.45) is 2.49. The van der Waals surface area contributed by atoms with Gasteiger partial charge in [-0.05, 0) is 37.6 Å². The van der Waals surface area contributed by atoms with Crippen molar-refractivity contribution in [1.82, 2.24) is 15.3 Å². The first-order valence-corrected chi connectivity index (χ1v) is 9.76. The van der Waals surface area contributed by atoms with E-state index in [9.17, 15) is 4.79 Å². The lowest BCUT2D eigenvalue weighted by Crippen LogP contribution is -2.38. The van der Waals surface area contributed by atoms with Gasteiger partial charge in [-0.1, -0.05) is 0 Å². The van der Waals surface area contributed by atoms with Gasteiger partial charge >= 0.3 is 6.03 Å². The zero-order valence-electron chi connectivity index (χ0n) is 16.5. The maximum Gasteiger partial charge on any atom is 0.319 e. The summed E-state index contributed by atoms with van der Waals surface area (Å²) in [5, 5.41) is 16.5. The number of nitrogens with zero attached hydrogens (tertiary/aromatic N) is 3. The van der Waals surface area contributed by atoms with E-state index in [1.807, 2.05) is 38.2 Å². The Morgan fingerprint density at radius 3 is 2.72 bits per heavy atom. The lowest BCUT2D eigenvalue weighted by Gasteiger charge is -2.30. The molecule has 9 nitrogen and oxygen atoms in total. The van der Waals surface area contributed by atoms with Crippen molar-refractivity contribution in [2.75, 3.05) is 42.3 Å². The van der Waals surface area contributed by atoms with Crippen molar-refractivity contribution in [1.29, 1.82) is 5.41 Å². The predicted octanol–water partition coefficient (Wildman–Crippen LogP) is 2.30. The van der Waals surface area contributed by atoms with Crippen molar-refractivity contribution in [3.05, 3.63) is 30.0 Å². The summed E-state index contributed by atoms with van der Waals surface area (Å²) >= 11 is 0. The molecule has 0 radical (unpaired) electrons. The molecule has 4 rings (SSSR count). The van der Waals surface area contributed by atoms with Crippen LogP contribution in [0, 0.1) is 5.41 Å². The Kier molecular flexibility index (Phi) is 5.30. The molecule has 2 atom stereocenters. The number of rotatable bonds is 6. The average Bonchev–Trinajstić information content (AvgIpc) is 3.37. The summed E-state index contributed by atoms with van der Waals surface area (Å²) in [4.78, 5) is 23.3. The van der Waals surface area contributed by atoms with Crippen LogP contribution in [-0.4, -0.2) is 61.1 Å². The first kappa shape index (κ1) is 19.1. The molecule has 152 valence electrons. The van der Waals surface area contributed by atoms with Crippen LogP contribution < -0.4 is 20.9 Å². The molecule has 2 aliphatic rings. The van der Waals surface area contributed by atoms with Gasteiger partial charge in [0.2, 0.25) is 0 Å². The second-order valence-electron chi connectivity index (χ2n) is 7.08. The summed E-state index contributed by atoms with van der Waals surface area (Å²) in [5.41, 5.74) is 2.80. The van der Waals surface area contributed by atoms with Crippen molar-refractivity contribution in [3.8, 4) is 11.4 Å². The molecular formula is C20H25N7O2. The monoisotopic (exact) mass is 395 g/mol. The summed E-state index contributed by atoms with van der Waals surface area (Å²) in [7, 11) is 1.82. The second kappa shape index (κ2) is 8.04. The van der Waals surface area contributed by atoms with Gasteiger partial charge in [-0.3, -0.25) is 0 Å². The molecule has 9 heteroatoms. The van der Waals surface area contributed by atoms with Crippen LogP contribution in [0.5, 0.6) is 0 Å². The lowest BCUT2D eigenvalue weighted by atomic mass is 10.1. The largest absolute Gasteiger partial charge is 0.383 e. The van der Waals surface area contributed by atoms with Crippen LogP contribution in [0.4, 0.5) is 22.0 Å². The van der Waals surface area contributed by atoms with E-state index in [0.29, 0.717) is 36.4 Å². The van der Waals surface area contributed by atoms with E-state index in [2.05, 4.69) is 25.8 Å². The minimum absolute atomic E-state index is 0.241. The third kappa shape index (κ3) is 3.73. The highest BCUT2D eigenvalue weighted by atomic mass is 16.5. The SMILES string of the molecule is CCNC(=O)Nc1ccc(-c2nc(C=N)c(NC)c(N3C[C@@H]4C[C@H]3CO4)n2)cc1. The Morgan fingerprint density at radius 1 is 1.34 bits per heavy atom. The van der Waals surface area contributed by atoms with E-state index in [-0.39, 0.29) is 12.1 Å². The van der Waals surface area contributed by atoms with Crippen LogP contribution in [-0.2, 0) is 4.74 Å². The normalized spacial score (nSPS) is 19.9. The fraction of sp³-hybridized carbons (Fsp3) is 0.400. The number of hydrogen-bond acceptors (Lipinski definition) is 7. The molecule has 2 fully saturated rings. The first-order chi connectivity index (χ1) is 14.1. The maximum absolute atomic E-state index is 11.7. The molecule has 0 unspecified atom stereocenters. The van der Waals surface area contributed by atoms with E-state index in [4.69, 9.17) is 15.1 Å². The van der Waals surface area contributed by atoms with Gasteiger partial charge in [-0.15, -0.1) is 0 Å². The van der Waals surface area contributed by atoms with Crippen molar-refractivity contribution in [3.63, 3.8) is 0 Å². The van der Waals surface area contributed by atoms with Crippen LogP contribution in [0.15, 0.2) is 24.3 Å². The number of fused-ring (bicyclic) bond motifs is 2. The number of ether oxygens (including phenoxy) is 1. The summed E-state index contributed by atoms with van der Waals surface area (Å²) < 4.78 is 5.72. The molecule has 0 aliphatic carbocycles. The fourth-order valence-electron chi connectivity index (χ4n) is 3.84. The Balaban J connectivity index is 1.66. The number of nitrogens with one attached hydrogen (secondary N) is 4. The molecule has 2 bridgehead atoms. The maximum atomic E-state index is 11.7. The number of amides is 2. The molecule has 2 amide bonds. The topological polar surface area (TPSA) is 115 Å². The molecule has 29 heavy (non-hydrogen) atoms. The molecule has 0 spiro atoms. The Hall–Kier alpha value is -3.20. The summed E-state index contributed by atoms with van der Waals surface area (Å²) in [5.74, 6) is 1.35. The van der Waals surface area contributed by atoms with E-state index >= 15 is 0 Å². The Morgan fingerprint density at radius 2 is 2.14 bits per heavy atom. The number of carbonyl (C=O) groups is 1.